The fourth-order valence-corrected chi connectivity index (χ4v) is 4.36. The van der Waals surface area contributed by atoms with Crippen LogP contribution in [0.4, 0.5) is 5.82 Å². The first-order chi connectivity index (χ1) is 17.2. The molecule has 7 nitrogen and oxygen atoms in total. The highest BCUT2D eigenvalue weighted by molar-refractivity contribution is 5.94. The summed E-state index contributed by atoms with van der Waals surface area (Å²) < 4.78 is 7.38. The summed E-state index contributed by atoms with van der Waals surface area (Å²) in [5.74, 6) is 1.63. The van der Waals surface area contributed by atoms with Crippen molar-refractivity contribution in [2.24, 2.45) is 7.05 Å². The first kappa shape index (κ1) is 22.8. The Labute approximate surface area is 205 Å². The van der Waals surface area contributed by atoms with Gasteiger partial charge in [-0.25, -0.2) is 9.97 Å². The van der Waals surface area contributed by atoms with Crippen molar-refractivity contribution < 1.29 is 9.53 Å². The third-order valence-electron chi connectivity index (χ3n) is 6.33. The predicted octanol–water partition coefficient (Wildman–Crippen LogP) is 4.16. The summed E-state index contributed by atoms with van der Waals surface area (Å²) >= 11 is 0. The standard InChI is InChI=1S/C28H29N5O2/c1-31-14-13-29-27(31)21-33(20-24-9-5-6-10-25(24)22-7-3-2-4-8-22)28(34)23-11-12-26(30-19-23)32-15-17-35-18-16-32/h2-14,19H,15-18,20-21H2,1H3. The summed E-state index contributed by atoms with van der Waals surface area (Å²) in [5, 5.41) is 0. The second-order valence-corrected chi connectivity index (χ2v) is 8.64. The van der Waals surface area contributed by atoms with Gasteiger partial charge in [0.05, 0.1) is 25.3 Å². The van der Waals surface area contributed by atoms with Gasteiger partial charge in [-0.1, -0.05) is 54.6 Å². The maximum absolute atomic E-state index is 13.7. The van der Waals surface area contributed by atoms with Crippen LogP contribution in [0.3, 0.4) is 0 Å². The van der Waals surface area contributed by atoms with E-state index in [0.717, 1.165) is 41.4 Å². The van der Waals surface area contributed by atoms with Crippen molar-refractivity contribution >= 4 is 11.7 Å². The highest BCUT2D eigenvalue weighted by Gasteiger charge is 2.21. The molecule has 2 aromatic carbocycles. The van der Waals surface area contributed by atoms with Crippen molar-refractivity contribution in [3.8, 4) is 11.1 Å². The topological polar surface area (TPSA) is 63.5 Å². The normalized spacial score (nSPS) is 13.6. The number of nitrogens with zero attached hydrogens (tertiary/aromatic N) is 5. The lowest BCUT2D eigenvalue weighted by atomic mass is 9.99. The van der Waals surface area contributed by atoms with Crippen LogP contribution in [0.25, 0.3) is 11.1 Å². The zero-order valence-electron chi connectivity index (χ0n) is 19.9. The maximum Gasteiger partial charge on any atom is 0.256 e. The largest absolute Gasteiger partial charge is 0.378 e. The van der Waals surface area contributed by atoms with Gasteiger partial charge in [0.25, 0.3) is 5.91 Å². The highest BCUT2D eigenvalue weighted by Crippen LogP contribution is 2.26. The molecule has 5 rings (SSSR count). The Morgan fingerprint density at radius 2 is 1.71 bits per heavy atom. The van der Waals surface area contributed by atoms with E-state index in [2.05, 4.69) is 39.1 Å². The molecule has 0 aliphatic carbocycles. The summed E-state index contributed by atoms with van der Waals surface area (Å²) in [4.78, 5) is 26.8. The van der Waals surface area contributed by atoms with Gasteiger partial charge in [-0.2, -0.15) is 0 Å². The van der Waals surface area contributed by atoms with Gasteiger partial charge >= 0.3 is 0 Å². The monoisotopic (exact) mass is 467 g/mol. The number of morpholine rings is 1. The van der Waals surface area contributed by atoms with Crippen LogP contribution in [-0.4, -0.2) is 51.6 Å². The lowest BCUT2D eigenvalue weighted by Gasteiger charge is -2.28. The van der Waals surface area contributed by atoms with Gasteiger partial charge in [-0.05, 0) is 28.8 Å². The number of hydrogen-bond acceptors (Lipinski definition) is 5. The molecule has 0 unspecified atom stereocenters. The third kappa shape index (κ3) is 5.25. The van der Waals surface area contributed by atoms with Crippen LogP contribution >= 0.6 is 0 Å². The van der Waals surface area contributed by atoms with Crippen molar-refractivity contribution in [2.75, 3.05) is 31.2 Å². The molecule has 7 heteroatoms. The Kier molecular flexibility index (Phi) is 6.86. The molecule has 0 spiro atoms. The fraction of sp³-hybridized carbons (Fsp3) is 0.250. The van der Waals surface area contributed by atoms with E-state index >= 15 is 0 Å². The van der Waals surface area contributed by atoms with Crippen LogP contribution < -0.4 is 4.90 Å². The molecular formula is C28H29N5O2. The average Bonchev–Trinajstić information content (AvgIpc) is 3.33. The van der Waals surface area contributed by atoms with Gasteiger partial charge in [0.15, 0.2) is 0 Å². The highest BCUT2D eigenvalue weighted by atomic mass is 16.5. The van der Waals surface area contributed by atoms with Gasteiger partial charge in [0, 0.05) is 45.3 Å². The van der Waals surface area contributed by atoms with Crippen molar-refractivity contribution in [1.29, 1.82) is 0 Å². The first-order valence-corrected chi connectivity index (χ1v) is 11.9. The summed E-state index contributed by atoms with van der Waals surface area (Å²) in [6.07, 6.45) is 5.34. The van der Waals surface area contributed by atoms with Gasteiger partial charge in [0.2, 0.25) is 0 Å². The van der Waals surface area contributed by atoms with E-state index in [1.165, 1.54) is 0 Å². The van der Waals surface area contributed by atoms with Crippen molar-refractivity contribution in [3.05, 3.63) is 102 Å². The number of carbonyl (C=O) groups is 1. The Balaban J connectivity index is 1.43. The van der Waals surface area contributed by atoms with Gasteiger partial charge < -0.3 is 19.1 Å². The second kappa shape index (κ2) is 10.5. The molecule has 3 heterocycles. The lowest BCUT2D eigenvalue weighted by molar-refractivity contribution is 0.0724. The van der Waals surface area contributed by atoms with Crippen molar-refractivity contribution in [3.63, 3.8) is 0 Å². The smallest absolute Gasteiger partial charge is 0.256 e. The van der Waals surface area contributed by atoms with E-state index in [-0.39, 0.29) is 5.91 Å². The molecular weight excluding hydrogens is 438 g/mol. The number of amides is 1. The third-order valence-corrected chi connectivity index (χ3v) is 6.33. The number of ether oxygens (including phenoxy) is 1. The molecule has 0 radical (unpaired) electrons. The minimum atomic E-state index is -0.0723. The Morgan fingerprint density at radius 3 is 2.43 bits per heavy atom. The number of aryl methyl sites for hydroxylation is 1. The van der Waals surface area contributed by atoms with Crippen LogP contribution in [0.1, 0.15) is 21.7 Å². The average molecular weight is 468 g/mol. The lowest BCUT2D eigenvalue weighted by Crippen LogP contribution is -2.37. The van der Waals surface area contributed by atoms with Crippen LogP contribution in [0.2, 0.25) is 0 Å². The minimum Gasteiger partial charge on any atom is -0.378 e. The summed E-state index contributed by atoms with van der Waals surface area (Å²) in [6, 6.07) is 22.3. The van der Waals surface area contributed by atoms with Crippen LogP contribution in [0.15, 0.2) is 85.3 Å². The summed E-state index contributed by atoms with van der Waals surface area (Å²) in [7, 11) is 1.95. The van der Waals surface area contributed by atoms with E-state index in [1.54, 1.807) is 12.4 Å². The molecule has 2 aromatic heterocycles. The molecule has 4 aromatic rings. The SMILES string of the molecule is Cn1ccnc1CN(Cc1ccccc1-c1ccccc1)C(=O)c1ccc(N2CCOCC2)nc1. The number of benzene rings is 2. The number of imidazole rings is 1. The Hall–Kier alpha value is -3.97. The Morgan fingerprint density at radius 1 is 0.943 bits per heavy atom. The number of carbonyl (C=O) groups excluding carboxylic acids is 1. The number of anilines is 1. The zero-order chi connectivity index (χ0) is 24.0. The summed E-state index contributed by atoms with van der Waals surface area (Å²) in [6.45, 7) is 3.86. The maximum atomic E-state index is 13.7. The number of aromatic nitrogens is 3. The molecule has 178 valence electrons. The summed E-state index contributed by atoms with van der Waals surface area (Å²) in [5.41, 5.74) is 3.89. The van der Waals surface area contributed by atoms with Crippen LogP contribution in [0.5, 0.6) is 0 Å². The molecule has 1 aliphatic heterocycles. The quantitative estimate of drug-likeness (QED) is 0.408. The van der Waals surface area contributed by atoms with E-state index in [1.807, 2.05) is 65.2 Å². The first-order valence-electron chi connectivity index (χ1n) is 11.9. The van der Waals surface area contributed by atoms with Crippen LogP contribution in [0, 0.1) is 0 Å². The van der Waals surface area contributed by atoms with E-state index in [0.29, 0.717) is 31.9 Å². The number of hydrogen-bond donors (Lipinski definition) is 0. The van der Waals surface area contributed by atoms with Crippen molar-refractivity contribution in [2.45, 2.75) is 13.1 Å². The molecule has 0 atom stereocenters. The number of rotatable bonds is 7. The molecule has 1 aliphatic rings. The molecule has 0 bridgehead atoms. The van der Waals surface area contributed by atoms with Gasteiger partial charge in [-0.3, -0.25) is 4.79 Å². The minimum absolute atomic E-state index is 0.0723. The van der Waals surface area contributed by atoms with Gasteiger partial charge in [-0.15, -0.1) is 0 Å². The van der Waals surface area contributed by atoms with E-state index < -0.39 is 0 Å². The molecule has 1 saturated heterocycles. The predicted molar refractivity (Wildman–Crippen MR) is 136 cm³/mol. The van der Waals surface area contributed by atoms with E-state index in [4.69, 9.17) is 4.74 Å². The number of pyridine rings is 1. The Bertz CT molecular complexity index is 1260. The molecule has 1 fully saturated rings. The van der Waals surface area contributed by atoms with Crippen LogP contribution in [-0.2, 0) is 24.9 Å². The fourth-order valence-electron chi connectivity index (χ4n) is 4.36. The molecule has 0 saturated carbocycles. The second-order valence-electron chi connectivity index (χ2n) is 8.64. The molecule has 1 amide bonds. The van der Waals surface area contributed by atoms with Crippen molar-refractivity contribution in [1.82, 2.24) is 19.4 Å². The zero-order valence-corrected chi connectivity index (χ0v) is 19.9. The van der Waals surface area contributed by atoms with Gasteiger partial charge in [0.1, 0.15) is 11.6 Å². The van der Waals surface area contributed by atoms with E-state index in [9.17, 15) is 4.79 Å². The molecule has 35 heavy (non-hydrogen) atoms. The molecule has 0 N–H and O–H groups in total.